The van der Waals surface area contributed by atoms with Crippen molar-refractivity contribution in [2.75, 3.05) is 0 Å². The summed E-state index contributed by atoms with van der Waals surface area (Å²) in [6.07, 6.45) is 4.98. The number of carbonyl (C=O) groups is 1. The molecule has 2 bridgehead atoms. The minimum atomic E-state index is -0.0791. The predicted molar refractivity (Wildman–Crippen MR) is 69.4 cm³/mol. The summed E-state index contributed by atoms with van der Waals surface area (Å²) in [5.41, 5.74) is 4.63. The highest BCUT2D eigenvalue weighted by molar-refractivity contribution is 7.10. The summed E-state index contributed by atoms with van der Waals surface area (Å²) >= 11 is 1.59. The molecule has 1 amide bonds. The average Bonchev–Trinajstić information content (AvgIpc) is 3.01. The summed E-state index contributed by atoms with van der Waals surface area (Å²) < 4.78 is 0. The molecule has 1 N–H and O–H groups in total. The molecule has 2 fully saturated rings. The monoisotopic (exact) mass is 248 g/mol. The van der Waals surface area contributed by atoms with Crippen molar-refractivity contribution in [2.24, 2.45) is 16.9 Å². The smallest absolute Gasteiger partial charge is 0.267 e. The van der Waals surface area contributed by atoms with Crippen LogP contribution in [0.1, 0.15) is 40.9 Å². The minimum Gasteiger partial charge on any atom is -0.267 e. The Kier molecular flexibility index (Phi) is 2.74. The van der Waals surface area contributed by atoms with Crippen molar-refractivity contribution < 1.29 is 4.79 Å². The molecule has 3 rings (SSSR count). The quantitative estimate of drug-likeness (QED) is 0.803. The van der Waals surface area contributed by atoms with E-state index in [2.05, 4.69) is 10.5 Å². The minimum absolute atomic E-state index is 0.0791. The van der Waals surface area contributed by atoms with E-state index in [1.807, 2.05) is 18.4 Å². The number of nitrogens with zero attached hydrogens (tertiary/aromatic N) is 1. The summed E-state index contributed by atoms with van der Waals surface area (Å²) in [6.45, 7) is 2.00. The van der Waals surface area contributed by atoms with Crippen molar-refractivity contribution in [1.82, 2.24) is 5.43 Å². The molecule has 0 spiro atoms. The Bertz CT molecular complexity index is 478. The summed E-state index contributed by atoms with van der Waals surface area (Å²) in [6, 6.07) is 1.90. The van der Waals surface area contributed by atoms with Gasteiger partial charge >= 0.3 is 0 Å². The fourth-order valence-corrected chi connectivity index (χ4v) is 3.59. The fraction of sp³-hybridized carbons (Fsp3) is 0.538. The van der Waals surface area contributed by atoms with E-state index < -0.39 is 0 Å². The van der Waals surface area contributed by atoms with Gasteiger partial charge in [-0.3, -0.25) is 4.79 Å². The van der Waals surface area contributed by atoms with Crippen molar-refractivity contribution in [1.29, 1.82) is 0 Å². The van der Waals surface area contributed by atoms with Gasteiger partial charge in [0.1, 0.15) is 0 Å². The standard InChI is InChI=1S/C13H16N2OS/c1-8-4-11(7-17-8)13(16)15-14-12-6-9-2-3-10(12)5-9/h4,7,9-10H,2-3,5-6H2,1H3,(H,15,16)/b14-12-/t9-,10+/m1/s1. The van der Waals surface area contributed by atoms with E-state index in [9.17, 15) is 4.79 Å². The maximum Gasteiger partial charge on any atom is 0.272 e. The molecule has 17 heavy (non-hydrogen) atoms. The van der Waals surface area contributed by atoms with Gasteiger partial charge < -0.3 is 0 Å². The highest BCUT2D eigenvalue weighted by atomic mass is 32.1. The molecule has 0 aromatic carbocycles. The van der Waals surface area contributed by atoms with E-state index in [-0.39, 0.29) is 5.91 Å². The third-order valence-electron chi connectivity index (χ3n) is 3.80. The number of fused-ring (bicyclic) bond motifs is 2. The van der Waals surface area contributed by atoms with Crippen LogP contribution in [0.4, 0.5) is 0 Å². The molecule has 1 heterocycles. The van der Waals surface area contributed by atoms with Crippen LogP contribution in [0.25, 0.3) is 0 Å². The molecule has 2 aliphatic rings. The lowest BCUT2D eigenvalue weighted by Crippen LogP contribution is -2.21. The molecule has 0 radical (unpaired) electrons. The Hall–Kier alpha value is -1.16. The van der Waals surface area contributed by atoms with E-state index in [1.165, 1.54) is 25.0 Å². The Labute approximate surface area is 105 Å². The van der Waals surface area contributed by atoms with Gasteiger partial charge in [-0.15, -0.1) is 11.3 Å². The molecule has 2 aliphatic carbocycles. The first-order valence-corrected chi connectivity index (χ1v) is 7.02. The Morgan fingerprint density at radius 2 is 2.41 bits per heavy atom. The number of amides is 1. The van der Waals surface area contributed by atoms with Gasteiger partial charge in [0.2, 0.25) is 0 Å². The third-order valence-corrected chi connectivity index (χ3v) is 4.67. The van der Waals surface area contributed by atoms with Crippen LogP contribution in [-0.4, -0.2) is 11.6 Å². The van der Waals surface area contributed by atoms with E-state index in [0.717, 1.165) is 22.8 Å². The van der Waals surface area contributed by atoms with E-state index >= 15 is 0 Å². The van der Waals surface area contributed by atoms with Crippen molar-refractivity contribution in [3.63, 3.8) is 0 Å². The zero-order valence-electron chi connectivity index (χ0n) is 9.90. The van der Waals surface area contributed by atoms with Gasteiger partial charge in [0.15, 0.2) is 0 Å². The van der Waals surface area contributed by atoms with Crippen molar-refractivity contribution in [3.8, 4) is 0 Å². The van der Waals surface area contributed by atoms with Gasteiger partial charge in [-0.05, 0) is 50.5 Å². The summed E-state index contributed by atoms with van der Waals surface area (Å²) in [7, 11) is 0. The summed E-state index contributed by atoms with van der Waals surface area (Å²) in [4.78, 5) is 13.0. The van der Waals surface area contributed by atoms with Gasteiger partial charge in [0.25, 0.3) is 5.91 Å². The molecule has 2 atom stereocenters. The second kappa shape index (κ2) is 4.26. The zero-order valence-corrected chi connectivity index (χ0v) is 10.7. The largest absolute Gasteiger partial charge is 0.272 e. The van der Waals surface area contributed by atoms with Crippen LogP contribution in [-0.2, 0) is 0 Å². The van der Waals surface area contributed by atoms with Crippen LogP contribution < -0.4 is 5.43 Å². The maximum atomic E-state index is 11.8. The highest BCUT2D eigenvalue weighted by Crippen LogP contribution is 2.42. The normalized spacial score (nSPS) is 28.9. The predicted octanol–water partition coefficient (Wildman–Crippen LogP) is 2.96. The molecule has 1 aromatic rings. The summed E-state index contributed by atoms with van der Waals surface area (Å²) in [5, 5.41) is 6.19. The van der Waals surface area contributed by atoms with Crippen LogP contribution >= 0.6 is 11.3 Å². The topological polar surface area (TPSA) is 41.5 Å². The second-order valence-corrected chi connectivity index (χ2v) is 6.19. The summed E-state index contributed by atoms with van der Waals surface area (Å²) in [5.74, 6) is 1.40. The number of hydrogen-bond acceptors (Lipinski definition) is 3. The highest BCUT2D eigenvalue weighted by Gasteiger charge is 2.36. The molecule has 0 saturated heterocycles. The van der Waals surface area contributed by atoms with Crippen molar-refractivity contribution in [3.05, 3.63) is 21.9 Å². The first kappa shape index (κ1) is 11.0. The van der Waals surface area contributed by atoms with Gasteiger partial charge in [-0.1, -0.05) is 0 Å². The van der Waals surface area contributed by atoms with Crippen LogP contribution in [0.2, 0.25) is 0 Å². The molecular weight excluding hydrogens is 232 g/mol. The van der Waals surface area contributed by atoms with Crippen molar-refractivity contribution in [2.45, 2.75) is 32.6 Å². The van der Waals surface area contributed by atoms with E-state index in [1.54, 1.807) is 11.3 Å². The Morgan fingerprint density at radius 3 is 3.00 bits per heavy atom. The lowest BCUT2D eigenvalue weighted by atomic mass is 9.99. The number of carbonyl (C=O) groups excluding carboxylic acids is 1. The molecule has 3 nitrogen and oxygen atoms in total. The Balaban J connectivity index is 1.64. The van der Waals surface area contributed by atoms with Crippen LogP contribution in [0.3, 0.4) is 0 Å². The van der Waals surface area contributed by atoms with Gasteiger partial charge in [0, 0.05) is 16.0 Å². The molecule has 0 unspecified atom stereocenters. The van der Waals surface area contributed by atoms with Crippen LogP contribution in [0.5, 0.6) is 0 Å². The number of nitrogens with one attached hydrogen (secondary N) is 1. The maximum absolute atomic E-state index is 11.8. The fourth-order valence-electron chi connectivity index (χ4n) is 2.91. The van der Waals surface area contributed by atoms with E-state index in [4.69, 9.17) is 0 Å². The number of hydrazone groups is 1. The molecule has 0 aliphatic heterocycles. The lowest BCUT2D eigenvalue weighted by Gasteiger charge is -2.11. The molecule has 1 aromatic heterocycles. The Morgan fingerprint density at radius 1 is 1.53 bits per heavy atom. The van der Waals surface area contributed by atoms with Crippen LogP contribution in [0, 0.1) is 18.8 Å². The van der Waals surface area contributed by atoms with Gasteiger partial charge in [-0.2, -0.15) is 5.10 Å². The second-order valence-electron chi connectivity index (χ2n) is 5.07. The number of hydrogen-bond donors (Lipinski definition) is 1. The molecule has 2 saturated carbocycles. The van der Waals surface area contributed by atoms with E-state index in [0.29, 0.717) is 5.92 Å². The number of thiophene rings is 1. The van der Waals surface area contributed by atoms with Crippen molar-refractivity contribution >= 4 is 23.0 Å². The molecule has 90 valence electrons. The molecule has 4 heteroatoms. The average molecular weight is 248 g/mol. The van der Waals surface area contributed by atoms with Gasteiger partial charge in [0.05, 0.1) is 5.56 Å². The van der Waals surface area contributed by atoms with Gasteiger partial charge in [-0.25, -0.2) is 5.43 Å². The zero-order chi connectivity index (χ0) is 11.8. The lowest BCUT2D eigenvalue weighted by molar-refractivity contribution is 0.0955. The molecular formula is C13H16N2OS. The van der Waals surface area contributed by atoms with Crippen LogP contribution in [0.15, 0.2) is 16.5 Å². The number of rotatable bonds is 2. The first-order chi connectivity index (χ1) is 8.22. The number of aryl methyl sites for hydroxylation is 1. The first-order valence-electron chi connectivity index (χ1n) is 6.14. The SMILES string of the molecule is Cc1cc(C(=O)N/N=C2/C[C@@H]3CC[C@H]2C3)cs1. The third kappa shape index (κ3) is 2.14.